The second-order valence-electron chi connectivity index (χ2n) is 8.53. The van der Waals surface area contributed by atoms with Crippen molar-refractivity contribution >= 4 is 22.9 Å². The highest BCUT2D eigenvalue weighted by molar-refractivity contribution is 6.02. The Balaban J connectivity index is 2.52. The first-order valence-electron chi connectivity index (χ1n) is 10.3. The number of nitrogens with one attached hydrogen (secondary N) is 1. The lowest BCUT2D eigenvalue weighted by atomic mass is 10.0. The predicted molar refractivity (Wildman–Crippen MR) is 115 cm³/mol. The first-order chi connectivity index (χ1) is 15.7. The number of aryl methyl sites for hydroxylation is 2. The van der Waals surface area contributed by atoms with Crippen molar-refractivity contribution < 1.29 is 32.6 Å². The first kappa shape index (κ1) is 26.7. The molecule has 0 radical (unpaired) electrons. The van der Waals surface area contributed by atoms with Gasteiger partial charge in [-0.1, -0.05) is 5.18 Å². The number of alkyl halides is 3. The number of carbonyl (C=O) groups is 2. The average molecular weight is 486 g/mol. The number of hydrogen-bond donors (Lipinski definition) is 2. The van der Waals surface area contributed by atoms with Gasteiger partial charge < -0.3 is 15.2 Å². The van der Waals surface area contributed by atoms with E-state index in [1.165, 1.54) is 0 Å². The van der Waals surface area contributed by atoms with Crippen molar-refractivity contribution in [3.05, 3.63) is 38.1 Å². The largest absolute Gasteiger partial charge is 0.506 e. The van der Waals surface area contributed by atoms with E-state index in [0.717, 1.165) is 13.1 Å². The van der Waals surface area contributed by atoms with Gasteiger partial charge in [-0.05, 0) is 51.7 Å². The predicted octanol–water partition coefficient (Wildman–Crippen LogP) is 2.82. The fourth-order valence-corrected chi connectivity index (χ4v) is 3.23. The van der Waals surface area contributed by atoms with E-state index in [1.807, 2.05) is 0 Å². The van der Waals surface area contributed by atoms with Crippen LogP contribution in [0.4, 0.5) is 13.2 Å². The highest BCUT2D eigenvalue weighted by Gasteiger charge is 2.36. The number of halogens is 3. The summed E-state index contributed by atoms with van der Waals surface area (Å²) in [5, 5.41) is 15.2. The molecule has 2 heterocycles. The fourth-order valence-electron chi connectivity index (χ4n) is 3.23. The molecule has 0 aliphatic heterocycles. The number of rotatable bonds is 8. The average Bonchev–Trinajstić information content (AvgIpc) is 2.71. The Labute approximate surface area is 192 Å². The first-order valence-corrected chi connectivity index (χ1v) is 10.3. The third kappa shape index (κ3) is 6.29. The number of carbonyl (C=O) groups excluding carboxylic acids is 2. The molecule has 0 spiro atoms. The molecule has 0 aromatic carbocycles. The number of nitroso groups, excluding NO2 is 1. The van der Waals surface area contributed by atoms with Crippen molar-refractivity contribution in [2.24, 2.45) is 12.2 Å². The van der Waals surface area contributed by atoms with E-state index >= 15 is 0 Å². The Hall–Kier alpha value is -3.51. The molecule has 0 atom stereocenters. The summed E-state index contributed by atoms with van der Waals surface area (Å²) in [6.45, 7) is 4.19. The molecule has 2 N–H and O–H groups in total. The van der Waals surface area contributed by atoms with Crippen LogP contribution >= 0.6 is 0 Å². The molecule has 0 saturated heterocycles. The zero-order valence-electron chi connectivity index (χ0n) is 19.1. The maximum absolute atomic E-state index is 13.6. The molecule has 2 aromatic rings. The number of nitrogens with zero attached hydrogens (tertiary/aromatic N) is 3. The molecule has 2 aromatic heterocycles. The monoisotopic (exact) mass is 486 g/mol. The summed E-state index contributed by atoms with van der Waals surface area (Å²) < 4.78 is 46.6. The molecular formula is C21H25F3N4O6. The number of aromatic hydroxyl groups is 1. The molecule has 186 valence electrons. The molecule has 0 saturated carbocycles. The molecule has 13 heteroatoms. The lowest BCUT2D eigenvalue weighted by molar-refractivity contribution is -0.153. The molecule has 34 heavy (non-hydrogen) atoms. The van der Waals surface area contributed by atoms with Gasteiger partial charge in [0, 0.05) is 7.05 Å². The van der Waals surface area contributed by atoms with E-state index in [4.69, 9.17) is 4.74 Å². The standard InChI is InChI=1S/C21H25F3N4O6/c1-20(2,3)34-13(29)10-25-18(31)14-15(30)12-9-11(7-5-6-8-26-33)16(21(22,23)24)27-17(12)28(4)19(14)32/h9,30H,5-8,10H2,1-4H3,(H,25,31). The number of hydrogen-bond acceptors (Lipinski definition) is 8. The fraction of sp³-hybridized carbons (Fsp3) is 0.524. The molecule has 0 bridgehead atoms. The molecule has 0 aliphatic carbocycles. The van der Waals surface area contributed by atoms with Gasteiger partial charge >= 0.3 is 12.1 Å². The molecule has 0 fully saturated rings. The van der Waals surface area contributed by atoms with E-state index in [1.54, 1.807) is 20.8 Å². The van der Waals surface area contributed by atoms with Crippen LogP contribution in [0.15, 0.2) is 16.0 Å². The van der Waals surface area contributed by atoms with Crippen molar-refractivity contribution in [2.75, 3.05) is 13.1 Å². The molecule has 10 nitrogen and oxygen atoms in total. The topological polar surface area (TPSA) is 140 Å². The van der Waals surface area contributed by atoms with E-state index in [2.05, 4.69) is 15.5 Å². The van der Waals surface area contributed by atoms with Gasteiger partial charge in [0.05, 0.1) is 11.9 Å². The zero-order chi connectivity index (χ0) is 25.8. The van der Waals surface area contributed by atoms with Gasteiger partial charge in [0.1, 0.15) is 34.8 Å². The highest BCUT2D eigenvalue weighted by Crippen LogP contribution is 2.35. The van der Waals surface area contributed by atoms with Crippen LogP contribution in [0.1, 0.15) is 55.2 Å². The normalized spacial score (nSPS) is 12.0. The van der Waals surface area contributed by atoms with Crippen molar-refractivity contribution in [1.29, 1.82) is 0 Å². The SMILES string of the molecule is Cn1c(=O)c(C(=O)NCC(=O)OC(C)(C)C)c(O)c2cc(CCCCN=O)c(C(F)(F)F)nc21. The van der Waals surface area contributed by atoms with Gasteiger partial charge in [0.25, 0.3) is 11.5 Å². The smallest absolute Gasteiger partial charge is 0.433 e. The van der Waals surface area contributed by atoms with Crippen LogP contribution in [-0.4, -0.2) is 45.2 Å². The van der Waals surface area contributed by atoms with Crippen molar-refractivity contribution in [3.8, 4) is 5.75 Å². The minimum absolute atomic E-state index is 0.0654. The Morgan fingerprint density at radius 2 is 1.88 bits per heavy atom. The third-order valence-electron chi connectivity index (χ3n) is 4.66. The summed E-state index contributed by atoms with van der Waals surface area (Å²) >= 11 is 0. The second kappa shape index (κ2) is 10.2. The summed E-state index contributed by atoms with van der Waals surface area (Å²) in [6, 6.07) is 1.01. The summed E-state index contributed by atoms with van der Waals surface area (Å²) in [6.07, 6.45) is -4.54. The number of aromatic nitrogens is 2. The van der Waals surface area contributed by atoms with Crippen LogP contribution in [0, 0.1) is 4.91 Å². The summed E-state index contributed by atoms with van der Waals surface area (Å²) in [5.41, 5.74) is -4.66. The number of esters is 1. The maximum Gasteiger partial charge on any atom is 0.433 e. The lowest BCUT2D eigenvalue weighted by Crippen LogP contribution is -2.38. The van der Waals surface area contributed by atoms with E-state index < -0.39 is 58.4 Å². The number of ether oxygens (including phenoxy) is 1. The number of amides is 1. The number of unbranched alkanes of at least 4 members (excludes halogenated alkanes) is 1. The van der Waals surface area contributed by atoms with E-state index in [-0.39, 0.29) is 36.8 Å². The Morgan fingerprint density at radius 1 is 1.24 bits per heavy atom. The van der Waals surface area contributed by atoms with Gasteiger partial charge in [-0.3, -0.25) is 19.0 Å². The molecule has 2 rings (SSSR count). The minimum atomic E-state index is -4.85. The van der Waals surface area contributed by atoms with E-state index in [0.29, 0.717) is 4.57 Å². The highest BCUT2D eigenvalue weighted by atomic mass is 19.4. The van der Waals surface area contributed by atoms with Gasteiger partial charge in [-0.2, -0.15) is 18.1 Å². The van der Waals surface area contributed by atoms with Crippen LogP contribution in [0.2, 0.25) is 0 Å². The van der Waals surface area contributed by atoms with Crippen molar-refractivity contribution in [1.82, 2.24) is 14.9 Å². The Kier molecular flexibility index (Phi) is 8.01. The molecule has 0 aliphatic rings. The van der Waals surface area contributed by atoms with Crippen LogP contribution in [-0.2, 0) is 29.2 Å². The van der Waals surface area contributed by atoms with Gasteiger partial charge in [0.2, 0.25) is 0 Å². The van der Waals surface area contributed by atoms with Crippen LogP contribution in [0.5, 0.6) is 5.75 Å². The van der Waals surface area contributed by atoms with Gasteiger partial charge in [-0.25, -0.2) is 4.98 Å². The number of pyridine rings is 2. The Morgan fingerprint density at radius 3 is 2.44 bits per heavy atom. The van der Waals surface area contributed by atoms with Gasteiger partial charge in [-0.15, -0.1) is 0 Å². The second-order valence-corrected chi connectivity index (χ2v) is 8.53. The molecular weight excluding hydrogens is 461 g/mol. The van der Waals surface area contributed by atoms with E-state index in [9.17, 15) is 37.6 Å². The number of fused-ring (bicyclic) bond motifs is 1. The van der Waals surface area contributed by atoms with Gasteiger partial charge in [0.15, 0.2) is 0 Å². The van der Waals surface area contributed by atoms with Crippen LogP contribution in [0.3, 0.4) is 0 Å². The van der Waals surface area contributed by atoms with Crippen LogP contribution in [0.25, 0.3) is 11.0 Å². The molecule has 1 amide bonds. The maximum atomic E-state index is 13.6. The quantitative estimate of drug-likeness (QED) is 0.332. The van der Waals surface area contributed by atoms with Crippen molar-refractivity contribution in [2.45, 2.75) is 51.8 Å². The summed E-state index contributed by atoms with van der Waals surface area (Å²) in [4.78, 5) is 50.9. The van der Waals surface area contributed by atoms with Crippen LogP contribution < -0.4 is 10.9 Å². The lowest BCUT2D eigenvalue weighted by Gasteiger charge is -2.19. The Bertz CT molecular complexity index is 1170. The third-order valence-corrected chi connectivity index (χ3v) is 4.66. The summed E-state index contributed by atoms with van der Waals surface area (Å²) in [5.74, 6) is -2.76. The molecule has 0 unspecified atom stereocenters. The summed E-state index contributed by atoms with van der Waals surface area (Å²) in [7, 11) is 1.11. The minimum Gasteiger partial charge on any atom is -0.506 e. The van der Waals surface area contributed by atoms with Crippen molar-refractivity contribution in [3.63, 3.8) is 0 Å². The zero-order valence-corrected chi connectivity index (χ0v) is 19.1.